The third-order valence-electron chi connectivity index (χ3n) is 2.24. The highest BCUT2D eigenvalue weighted by molar-refractivity contribution is 7.98. The normalized spacial score (nSPS) is 10.1. The lowest BCUT2D eigenvalue weighted by Crippen LogP contribution is -2.02. The van der Waals surface area contributed by atoms with Crippen LogP contribution in [0.25, 0.3) is 0 Å². The van der Waals surface area contributed by atoms with Crippen LogP contribution in [0.1, 0.15) is 23.2 Å². The Kier molecular flexibility index (Phi) is 5.78. The van der Waals surface area contributed by atoms with Crippen molar-refractivity contribution in [1.29, 1.82) is 0 Å². The lowest BCUT2D eigenvalue weighted by atomic mass is 10.2. The van der Waals surface area contributed by atoms with E-state index >= 15 is 0 Å². The van der Waals surface area contributed by atoms with Crippen molar-refractivity contribution in [1.82, 2.24) is 0 Å². The first-order chi connectivity index (χ1) is 7.74. The predicted molar refractivity (Wildman–Crippen MR) is 69.5 cm³/mol. The molecule has 0 radical (unpaired) electrons. The molecule has 4 heteroatoms. The van der Waals surface area contributed by atoms with Crippen LogP contribution in [0, 0.1) is 0 Å². The first-order valence-electron chi connectivity index (χ1n) is 5.30. The number of rotatable bonds is 7. The van der Waals surface area contributed by atoms with E-state index in [1.807, 2.05) is 11.8 Å². The number of anilines is 1. The number of hydrogen-bond donors (Lipinski definition) is 2. The molecule has 0 heterocycles. The molecule has 1 rings (SSSR count). The zero-order chi connectivity index (χ0) is 11.8. The van der Waals surface area contributed by atoms with Gasteiger partial charge >= 0.3 is 5.97 Å². The van der Waals surface area contributed by atoms with Gasteiger partial charge in [-0.25, -0.2) is 4.79 Å². The monoisotopic (exact) mass is 239 g/mol. The Morgan fingerprint density at radius 3 is 2.56 bits per heavy atom. The molecule has 0 atom stereocenters. The molecule has 0 aliphatic rings. The molecule has 0 bridgehead atoms. The molecular weight excluding hydrogens is 222 g/mol. The summed E-state index contributed by atoms with van der Waals surface area (Å²) in [5.41, 5.74) is 1.31. The van der Waals surface area contributed by atoms with Gasteiger partial charge in [0.25, 0.3) is 0 Å². The number of carboxylic acids is 1. The van der Waals surface area contributed by atoms with Crippen molar-refractivity contribution < 1.29 is 9.90 Å². The minimum absolute atomic E-state index is 0.327. The molecule has 88 valence electrons. The van der Waals surface area contributed by atoms with E-state index in [0.29, 0.717) is 5.56 Å². The van der Waals surface area contributed by atoms with Crippen LogP contribution in [0.5, 0.6) is 0 Å². The molecule has 0 saturated heterocycles. The highest BCUT2D eigenvalue weighted by Gasteiger charge is 2.00. The number of nitrogens with one attached hydrogen (secondary N) is 1. The summed E-state index contributed by atoms with van der Waals surface area (Å²) in [5.74, 6) is 0.311. The first kappa shape index (κ1) is 12.9. The average Bonchev–Trinajstić information content (AvgIpc) is 2.29. The lowest BCUT2D eigenvalue weighted by Gasteiger charge is -2.06. The summed E-state index contributed by atoms with van der Waals surface area (Å²) >= 11 is 1.86. The van der Waals surface area contributed by atoms with Crippen molar-refractivity contribution in [2.24, 2.45) is 0 Å². The minimum Gasteiger partial charge on any atom is -0.478 e. The van der Waals surface area contributed by atoms with Crippen LogP contribution in [0.2, 0.25) is 0 Å². The van der Waals surface area contributed by atoms with Gasteiger partial charge in [-0.3, -0.25) is 0 Å². The maximum Gasteiger partial charge on any atom is 0.335 e. The molecule has 0 aromatic heterocycles. The zero-order valence-electron chi connectivity index (χ0n) is 9.40. The fourth-order valence-corrected chi connectivity index (χ4v) is 1.83. The van der Waals surface area contributed by atoms with Gasteiger partial charge in [-0.05, 0) is 49.1 Å². The van der Waals surface area contributed by atoms with Crippen molar-refractivity contribution in [2.75, 3.05) is 23.9 Å². The van der Waals surface area contributed by atoms with Gasteiger partial charge in [-0.1, -0.05) is 0 Å². The van der Waals surface area contributed by atoms with Crippen LogP contribution in [0.4, 0.5) is 5.69 Å². The summed E-state index contributed by atoms with van der Waals surface area (Å²) in [6.45, 7) is 0.937. The Bertz CT molecular complexity index is 324. The summed E-state index contributed by atoms with van der Waals surface area (Å²) in [7, 11) is 0. The van der Waals surface area contributed by atoms with E-state index in [0.717, 1.165) is 18.7 Å². The number of benzene rings is 1. The van der Waals surface area contributed by atoms with Crippen molar-refractivity contribution in [3.63, 3.8) is 0 Å². The Morgan fingerprint density at radius 2 is 2.00 bits per heavy atom. The average molecular weight is 239 g/mol. The quantitative estimate of drug-likeness (QED) is 0.718. The second-order valence-electron chi connectivity index (χ2n) is 3.51. The number of carboxylic acid groups (broad SMARTS) is 1. The fraction of sp³-hybridized carbons (Fsp3) is 0.417. The number of unbranched alkanes of at least 4 members (excludes halogenated alkanes) is 1. The van der Waals surface area contributed by atoms with Crippen molar-refractivity contribution >= 4 is 23.4 Å². The molecule has 1 aromatic carbocycles. The Hall–Kier alpha value is -1.16. The molecule has 0 amide bonds. The van der Waals surface area contributed by atoms with Crippen molar-refractivity contribution in [3.05, 3.63) is 29.8 Å². The Labute approximate surface area is 100 Å². The van der Waals surface area contributed by atoms with Crippen LogP contribution in [0.15, 0.2) is 24.3 Å². The standard InChI is InChI=1S/C12H17NO2S/c1-16-9-3-2-8-13-11-6-4-10(5-7-11)12(14)15/h4-7,13H,2-3,8-9H2,1H3,(H,14,15). The van der Waals surface area contributed by atoms with Gasteiger partial charge in [-0.2, -0.15) is 11.8 Å². The van der Waals surface area contributed by atoms with Gasteiger partial charge in [0, 0.05) is 12.2 Å². The minimum atomic E-state index is -0.883. The third-order valence-corrected chi connectivity index (χ3v) is 2.93. The largest absolute Gasteiger partial charge is 0.478 e. The zero-order valence-corrected chi connectivity index (χ0v) is 10.2. The molecule has 0 aliphatic heterocycles. The number of hydrogen-bond acceptors (Lipinski definition) is 3. The summed E-state index contributed by atoms with van der Waals surface area (Å²) in [6.07, 6.45) is 4.46. The number of thioether (sulfide) groups is 1. The highest BCUT2D eigenvalue weighted by Crippen LogP contribution is 2.10. The second-order valence-corrected chi connectivity index (χ2v) is 4.49. The smallest absolute Gasteiger partial charge is 0.335 e. The SMILES string of the molecule is CSCCCCNc1ccc(C(=O)O)cc1. The van der Waals surface area contributed by atoms with Gasteiger partial charge < -0.3 is 10.4 Å². The molecule has 0 fully saturated rings. The van der Waals surface area contributed by atoms with Crippen LogP contribution in [0.3, 0.4) is 0 Å². The van der Waals surface area contributed by atoms with Crippen molar-refractivity contribution in [3.8, 4) is 0 Å². The Balaban J connectivity index is 2.29. The summed E-state index contributed by atoms with van der Waals surface area (Å²) in [4.78, 5) is 10.6. The molecule has 0 spiro atoms. The highest BCUT2D eigenvalue weighted by atomic mass is 32.2. The Morgan fingerprint density at radius 1 is 1.31 bits per heavy atom. The van der Waals surface area contributed by atoms with Gasteiger partial charge in [0.2, 0.25) is 0 Å². The molecule has 2 N–H and O–H groups in total. The van der Waals surface area contributed by atoms with E-state index in [4.69, 9.17) is 5.11 Å². The maximum atomic E-state index is 10.6. The van der Waals surface area contributed by atoms with Crippen LogP contribution < -0.4 is 5.32 Å². The third kappa shape index (κ3) is 4.57. The maximum absolute atomic E-state index is 10.6. The van der Waals surface area contributed by atoms with Crippen molar-refractivity contribution in [2.45, 2.75) is 12.8 Å². The molecule has 1 aromatic rings. The topological polar surface area (TPSA) is 49.3 Å². The molecule has 0 unspecified atom stereocenters. The van der Waals surface area contributed by atoms with Crippen LogP contribution in [-0.4, -0.2) is 29.6 Å². The van der Waals surface area contributed by atoms with E-state index in [9.17, 15) is 4.79 Å². The van der Waals surface area contributed by atoms with Gasteiger partial charge in [0.1, 0.15) is 0 Å². The van der Waals surface area contributed by atoms with Gasteiger partial charge in [0.05, 0.1) is 5.56 Å². The summed E-state index contributed by atoms with van der Waals surface area (Å²) in [5, 5.41) is 12.0. The molecule has 0 aliphatic carbocycles. The van der Waals surface area contributed by atoms with E-state index in [1.165, 1.54) is 12.2 Å². The van der Waals surface area contributed by atoms with E-state index in [2.05, 4.69) is 11.6 Å². The predicted octanol–water partition coefficient (Wildman–Crippen LogP) is 2.94. The summed E-state index contributed by atoms with van der Waals surface area (Å²) in [6, 6.07) is 6.84. The van der Waals surface area contributed by atoms with Crippen LogP contribution >= 0.6 is 11.8 Å². The van der Waals surface area contributed by atoms with E-state index in [1.54, 1.807) is 24.3 Å². The second kappa shape index (κ2) is 7.17. The first-order valence-corrected chi connectivity index (χ1v) is 6.69. The van der Waals surface area contributed by atoms with Gasteiger partial charge in [0.15, 0.2) is 0 Å². The van der Waals surface area contributed by atoms with E-state index < -0.39 is 5.97 Å². The molecule has 16 heavy (non-hydrogen) atoms. The number of carbonyl (C=O) groups is 1. The van der Waals surface area contributed by atoms with E-state index in [-0.39, 0.29) is 0 Å². The van der Waals surface area contributed by atoms with Gasteiger partial charge in [-0.15, -0.1) is 0 Å². The number of aromatic carboxylic acids is 1. The summed E-state index contributed by atoms with van der Waals surface area (Å²) < 4.78 is 0. The fourth-order valence-electron chi connectivity index (χ4n) is 1.33. The molecular formula is C12H17NO2S. The van der Waals surface area contributed by atoms with Crippen LogP contribution in [-0.2, 0) is 0 Å². The molecule has 3 nitrogen and oxygen atoms in total. The molecule has 0 saturated carbocycles. The lowest BCUT2D eigenvalue weighted by molar-refractivity contribution is 0.0697.